The molecule has 186 valence electrons. The molecule has 1 unspecified atom stereocenters. The number of aliphatic hydroxyl groups excluding tert-OH is 4. The van der Waals surface area contributed by atoms with Gasteiger partial charge >= 0.3 is 0 Å². The lowest BCUT2D eigenvalue weighted by Crippen LogP contribution is -2.63. The molecule has 3 aromatic rings. The second-order valence-corrected chi connectivity index (χ2v) is 8.09. The van der Waals surface area contributed by atoms with Crippen molar-refractivity contribution < 1.29 is 54.4 Å². The molecule has 2 aromatic carbocycles. The van der Waals surface area contributed by atoms with Crippen LogP contribution >= 0.6 is 0 Å². The van der Waals surface area contributed by atoms with E-state index in [4.69, 9.17) is 13.9 Å². The first kappa shape index (κ1) is 24.4. The zero-order chi connectivity index (χ0) is 25.6. The van der Waals surface area contributed by atoms with Crippen LogP contribution < -0.4 is 10.2 Å². The monoisotopic (exact) mass is 490 g/mol. The fraction of sp³-hybridized carbons (Fsp3) is 0.304. The average molecular weight is 490 g/mol. The standard InChI is InChI=1S/C23H22O12/c1-8(24)15(28)21-18(31)17(30)19(32)23(34-21)35-22-16(29)14-12(27)6-11(26)7-13(14)33-20(22)9-2-4-10(25)5-3-9/h2-7,15,17-19,21,23,25-28,30-32H,1H3/t15?,17-,18-,19+,21+,23-/m0/s1. The van der Waals surface area contributed by atoms with Crippen LogP contribution in [-0.4, -0.2) is 78.3 Å². The molecule has 12 heteroatoms. The fourth-order valence-electron chi connectivity index (χ4n) is 3.76. The molecule has 0 saturated carbocycles. The Morgan fingerprint density at radius 1 is 0.971 bits per heavy atom. The number of aliphatic hydroxyl groups is 4. The average Bonchev–Trinajstić information content (AvgIpc) is 2.80. The molecule has 35 heavy (non-hydrogen) atoms. The summed E-state index contributed by atoms with van der Waals surface area (Å²) in [5, 5.41) is 70.2. The van der Waals surface area contributed by atoms with Crippen LogP contribution in [0.5, 0.6) is 23.0 Å². The number of carbonyl (C=O) groups is 1. The van der Waals surface area contributed by atoms with E-state index in [0.29, 0.717) is 0 Å². The summed E-state index contributed by atoms with van der Waals surface area (Å²) in [6, 6.07) is 7.29. The van der Waals surface area contributed by atoms with Crippen LogP contribution in [0.1, 0.15) is 6.92 Å². The highest BCUT2D eigenvalue weighted by Crippen LogP contribution is 2.37. The number of hydrogen-bond acceptors (Lipinski definition) is 12. The second-order valence-electron chi connectivity index (χ2n) is 8.09. The first-order valence-electron chi connectivity index (χ1n) is 10.4. The number of ether oxygens (including phenoxy) is 2. The van der Waals surface area contributed by atoms with E-state index in [1.165, 1.54) is 24.3 Å². The number of carbonyl (C=O) groups excluding carboxylic acids is 1. The number of phenols is 3. The summed E-state index contributed by atoms with van der Waals surface area (Å²) in [7, 11) is 0. The molecule has 0 spiro atoms. The normalized spacial score (nSPS) is 25.3. The summed E-state index contributed by atoms with van der Waals surface area (Å²) in [5.74, 6) is -2.79. The number of phenolic OH excluding ortho intramolecular Hbond substituents is 3. The molecule has 1 saturated heterocycles. The minimum atomic E-state index is -1.93. The Labute approximate surface area is 196 Å². The minimum absolute atomic E-state index is 0.0983. The van der Waals surface area contributed by atoms with Gasteiger partial charge in [0.1, 0.15) is 58.7 Å². The van der Waals surface area contributed by atoms with Gasteiger partial charge in [0, 0.05) is 17.7 Å². The van der Waals surface area contributed by atoms with Crippen molar-refractivity contribution in [3.8, 4) is 34.3 Å². The molecule has 1 aliphatic rings. The first-order chi connectivity index (χ1) is 16.5. The van der Waals surface area contributed by atoms with E-state index in [1.807, 2.05) is 0 Å². The van der Waals surface area contributed by atoms with Crippen molar-refractivity contribution in [1.82, 2.24) is 0 Å². The topological polar surface area (TPSA) is 207 Å². The number of Topliss-reactive ketones (excluding diaryl/α,β-unsaturated/α-hetero) is 1. The van der Waals surface area contributed by atoms with Gasteiger partial charge in [-0.05, 0) is 31.2 Å². The van der Waals surface area contributed by atoms with Crippen LogP contribution in [0, 0.1) is 0 Å². The Morgan fingerprint density at radius 2 is 1.63 bits per heavy atom. The van der Waals surface area contributed by atoms with Gasteiger partial charge in [0.25, 0.3) is 0 Å². The smallest absolute Gasteiger partial charge is 0.239 e. The van der Waals surface area contributed by atoms with Crippen LogP contribution in [0.3, 0.4) is 0 Å². The number of ketones is 1. The van der Waals surface area contributed by atoms with E-state index < -0.39 is 65.3 Å². The molecular weight excluding hydrogens is 468 g/mol. The van der Waals surface area contributed by atoms with Crippen LogP contribution in [0.4, 0.5) is 0 Å². The molecule has 1 fully saturated rings. The zero-order valence-corrected chi connectivity index (χ0v) is 18.1. The van der Waals surface area contributed by atoms with E-state index >= 15 is 0 Å². The van der Waals surface area contributed by atoms with Crippen LogP contribution in [0.15, 0.2) is 45.6 Å². The van der Waals surface area contributed by atoms with Gasteiger partial charge in [-0.25, -0.2) is 0 Å². The second kappa shape index (κ2) is 9.17. The van der Waals surface area contributed by atoms with Crippen LogP contribution in [0.25, 0.3) is 22.3 Å². The molecule has 0 aliphatic carbocycles. The van der Waals surface area contributed by atoms with Gasteiger partial charge in [-0.3, -0.25) is 9.59 Å². The largest absolute Gasteiger partial charge is 0.508 e. The highest BCUT2D eigenvalue weighted by molar-refractivity contribution is 5.88. The highest BCUT2D eigenvalue weighted by atomic mass is 16.7. The van der Waals surface area contributed by atoms with Gasteiger partial charge in [-0.15, -0.1) is 0 Å². The third-order valence-corrected chi connectivity index (χ3v) is 5.62. The fourth-order valence-corrected chi connectivity index (χ4v) is 3.76. The van der Waals surface area contributed by atoms with Gasteiger partial charge in [0.05, 0.1) is 0 Å². The predicted molar refractivity (Wildman–Crippen MR) is 117 cm³/mol. The first-order valence-corrected chi connectivity index (χ1v) is 10.4. The van der Waals surface area contributed by atoms with E-state index in [9.17, 15) is 45.3 Å². The molecular formula is C23H22O12. The third-order valence-electron chi connectivity index (χ3n) is 5.62. The summed E-state index contributed by atoms with van der Waals surface area (Å²) < 4.78 is 16.7. The van der Waals surface area contributed by atoms with Crippen molar-refractivity contribution in [3.63, 3.8) is 0 Å². The maximum atomic E-state index is 13.3. The molecule has 12 nitrogen and oxygen atoms in total. The number of hydrogen-bond donors (Lipinski definition) is 7. The van der Waals surface area contributed by atoms with Crippen LogP contribution in [-0.2, 0) is 9.53 Å². The number of benzene rings is 2. The van der Waals surface area contributed by atoms with Gasteiger partial charge in [0.15, 0.2) is 11.5 Å². The van der Waals surface area contributed by atoms with Gasteiger partial charge in [-0.2, -0.15) is 0 Å². The highest BCUT2D eigenvalue weighted by Gasteiger charge is 2.49. The van der Waals surface area contributed by atoms with Crippen molar-refractivity contribution in [1.29, 1.82) is 0 Å². The summed E-state index contributed by atoms with van der Waals surface area (Å²) in [5.41, 5.74) is -0.967. The predicted octanol–water partition coefficient (Wildman–Crippen LogP) is -0.287. The van der Waals surface area contributed by atoms with Crippen molar-refractivity contribution in [2.75, 3.05) is 0 Å². The van der Waals surface area contributed by atoms with Gasteiger partial charge < -0.3 is 49.6 Å². The summed E-state index contributed by atoms with van der Waals surface area (Å²) in [6.45, 7) is 1.02. The maximum absolute atomic E-state index is 13.3. The van der Waals surface area contributed by atoms with E-state index in [-0.39, 0.29) is 28.0 Å². The summed E-state index contributed by atoms with van der Waals surface area (Å²) in [4.78, 5) is 25.0. The third kappa shape index (κ3) is 4.40. The Bertz CT molecular complexity index is 1310. The molecule has 0 amide bonds. The van der Waals surface area contributed by atoms with E-state index in [2.05, 4.69) is 0 Å². The molecule has 2 heterocycles. The molecule has 0 radical (unpaired) electrons. The number of aromatic hydroxyl groups is 3. The number of rotatable bonds is 5. The SMILES string of the molecule is CC(=O)C(O)[C@H]1O[C@@H](Oc2c(-c3ccc(O)cc3)oc3cc(O)cc(O)c3c2=O)[C@H](O)[C@@H](O)[C@@H]1O. The Morgan fingerprint density at radius 3 is 2.26 bits per heavy atom. The molecule has 4 rings (SSSR count). The van der Waals surface area contributed by atoms with Gasteiger partial charge in [-0.1, -0.05) is 0 Å². The maximum Gasteiger partial charge on any atom is 0.239 e. The molecule has 6 atom stereocenters. The molecule has 7 N–H and O–H groups in total. The Kier molecular flexibility index (Phi) is 6.40. The van der Waals surface area contributed by atoms with Crippen molar-refractivity contribution in [2.24, 2.45) is 0 Å². The van der Waals surface area contributed by atoms with Crippen molar-refractivity contribution in [2.45, 2.75) is 43.7 Å². The lowest BCUT2D eigenvalue weighted by molar-refractivity contribution is -0.285. The molecule has 1 aromatic heterocycles. The Balaban J connectivity index is 1.86. The molecule has 0 bridgehead atoms. The number of fused-ring (bicyclic) bond motifs is 1. The van der Waals surface area contributed by atoms with Crippen molar-refractivity contribution in [3.05, 3.63) is 46.6 Å². The minimum Gasteiger partial charge on any atom is -0.508 e. The summed E-state index contributed by atoms with van der Waals surface area (Å²) >= 11 is 0. The van der Waals surface area contributed by atoms with E-state index in [0.717, 1.165) is 19.1 Å². The summed E-state index contributed by atoms with van der Waals surface area (Å²) in [6.07, 6.45) is -11.2. The van der Waals surface area contributed by atoms with Gasteiger partial charge in [0.2, 0.25) is 17.5 Å². The van der Waals surface area contributed by atoms with E-state index in [1.54, 1.807) is 0 Å². The Hall–Kier alpha value is -3.68. The molecule has 1 aliphatic heterocycles. The lowest BCUT2D eigenvalue weighted by Gasteiger charge is -2.41. The zero-order valence-electron chi connectivity index (χ0n) is 18.1. The van der Waals surface area contributed by atoms with Crippen LogP contribution in [0.2, 0.25) is 0 Å². The van der Waals surface area contributed by atoms with Crippen molar-refractivity contribution >= 4 is 16.8 Å². The lowest BCUT2D eigenvalue weighted by atomic mass is 9.94. The quantitative estimate of drug-likeness (QED) is 0.246.